The maximum Gasteiger partial charge on any atom is 0.354 e. The van der Waals surface area contributed by atoms with Gasteiger partial charge in [-0.2, -0.15) is 19.3 Å². The highest BCUT2D eigenvalue weighted by Gasteiger charge is 2.25. The summed E-state index contributed by atoms with van der Waals surface area (Å²) < 4.78 is 4.68. The number of fused-ring (bicyclic) bond motifs is 1. The molecule has 0 saturated heterocycles. The minimum absolute atomic E-state index is 0.104. The molecule has 0 fully saturated rings. The van der Waals surface area contributed by atoms with Crippen LogP contribution in [0.15, 0.2) is 60.0 Å². The first kappa shape index (κ1) is 17.4. The van der Waals surface area contributed by atoms with E-state index in [-0.39, 0.29) is 17.0 Å². The van der Waals surface area contributed by atoms with Crippen molar-refractivity contribution < 1.29 is 9.67 Å². The Morgan fingerprint density at radius 2 is 2.14 bits per heavy atom. The molecule has 3 aromatic heterocycles. The maximum atomic E-state index is 13.1. The Bertz CT molecular complexity index is 1270. The summed E-state index contributed by atoms with van der Waals surface area (Å²) in [5.74, 6) is -0.104. The highest BCUT2D eigenvalue weighted by Crippen LogP contribution is 2.27. The van der Waals surface area contributed by atoms with Crippen LogP contribution < -0.4 is 10.1 Å². The SMILES string of the molecule is CCC[n+]1c(O)c(-c2ccc(C#N)c(-n3cncn3)c2)c(=O)n2ccccc21. The molecule has 0 bridgehead atoms. The molecular weight excluding hydrogens is 356 g/mol. The van der Waals surface area contributed by atoms with E-state index < -0.39 is 0 Å². The molecule has 0 saturated carbocycles. The van der Waals surface area contributed by atoms with Crippen molar-refractivity contribution >= 4 is 5.65 Å². The summed E-state index contributed by atoms with van der Waals surface area (Å²) >= 11 is 0. The Balaban J connectivity index is 2.04. The lowest BCUT2D eigenvalue weighted by molar-refractivity contribution is -0.680. The van der Waals surface area contributed by atoms with Crippen LogP contribution in [-0.4, -0.2) is 24.3 Å². The minimum atomic E-state index is -0.338. The summed E-state index contributed by atoms with van der Waals surface area (Å²) in [6.07, 6.45) is 5.31. The van der Waals surface area contributed by atoms with Crippen molar-refractivity contribution in [1.29, 1.82) is 5.26 Å². The van der Waals surface area contributed by atoms with Crippen LogP contribution >= 0.6 is 0 Å². The Labute approximate surface area is 160 Å². The number of hydrogen-bond acceptors (Lipinski definition) is 5. The molecule has 3 heterocycles. The third kappa shape index (κ3) is 2.70. The van der Waals surface area contributed by atoms with Crippen LogP contribution in [0, 0.1) is 11.3 Å². The fourth-order valence-electron chi connectivity index (χ4n) is 3.29. The van der Waals surface area contributed by atoms with E-state index in [9.17, 15) is 15.2 Å². The number of aryl methyl sites for hydroxylation is 1. The summed E-state index contributed by atoms with van der Waals surface area (Å²) in [7, 11) is 0. The molecule has 138 valence electrons. The number of rotatable bonds is 4. The fraction of sp³-hybridized carbons (Fsp3) is 0.150. The molecule has 0 aliphatic carbocycles. The zero-order valence-corrected chi connectivity index (χ0v) is 15.1. The zero-order chi connectivity index (χ0) is 19.7. The third-order valence-electron chi connectivity index (χ3n) is 4.55. The predicted octanol–water partition coefficient (Wildman–Crippen LogP) is 1.82. The highest BCUT2D eigenvalue weighted by atomic mass is 16.3. The molecule has 4 rings (SSSR count). The smallest absolute Gasteiger partial charge is 0.354 e. The number of nitrogens with zero attached hydrogens (tertiary/aromatic N) is 6. The van der Waals surface area contributed by atoms with Crippen molar-refractivity contribution in [3.05, 3.63) is 71.2 Å². The lowest BCUT2D eigenvalue weighted by Crippen LogP contribution is -2.40. The van der Waals surface area contributed by atoms with E-state index >= 15 is 0 Å². The maximum absolute atomic E-state index is 13.1. The van der Waals surface area contributed by atoms with Gasteiger partial charge in [0.05, 0.1) is 24.0 Å². The van der Waals surface area contributed by atoms with Gasteiger partial charge in [-0.25, -0.2) is 14.5 Å². The van der Waals surface area contributed by atoms with Crippen molar-refractivity contribution in [3.8, 4) is 28.8 Å². The van der Waals surface area contributed by atoms with Crippen LogP contribution in [0.25, 0.3) is 22.5 Å². The Kier molecular flexibility index (Phi) is 4.33. The van der Waals surface area contributed by atoms with Crippen LogP contribution in [0.3, 0.4) is 0 Å². The van der Waals surface area contributed by atoms with Crippen molar-refractivity contribution in [2.45, 2.75) is 19.9 Å². The summed E-state index contributed by atoms with van der Waals surface area (Å²) in [6, 6.07) is 12.4. The Morgan fingerprint density at radius 3 is 2.86 bits per heavy atom. The topological polar surface area (TPSA) is 100 Å². The molecule has 0 aliphatic heterocycles. The zero-order valence-electron chi connectivity index (χ0n) is 15.1. The van der Waals surface area contributed by atoms with Gasteiger partial charge in [-0.3, -0.25) is 0 Å². The van der Waals surface area contributed by atoms with E-state index in [2.05, 4.69) is 16.2 Å². The molecule has 0 radical (unpaired) electrons. The minimum Gasteiger partial charge on any atom is -0.477 e. The van der Waals surface area contributed by atoms with Gasteiger partial charge in [0, 0.05) is 6.07 Å². The first-order valence-corrected chi connectivity index (χ1v) is 8.81. The summed E-state index contributed by atoms with van der Waals surface area (Å²) in [5, 5.41) is 24.4. The molecule has 1 N–H and O–H groups in total. The fourth-order valence-corrected chi connectivity index (χ4v) is 3.29. The van der Waals surface area contributed by atoms with Gasteiger partial charge < -0.3 is 5.11 Å². The van der Waals surface area contributed by atoms with Gasteiger partial charge in [0.2, 0.25) is 0 Å². The molecule has 8 nitrogen and oxygen atoms in total. The van der Waals surface area contributed by atoms with Gasteiger partial charge in [0.15, 0.2) is 5.56 Å². The van der Waals surface area contributed by atoms with Crippen LogP contribution in [0.2, 0.25) is 0 Å². The first-order chi connectivity index (χ1) is 13.7. The number of aromatic nitrogens is 5. The largest absolute Gasteiger partial charge is 0.477 e. The molecule has 0 atom stereocenters. The van der Waals surface area contributed by atoms with E-state index in [0.717, 1.165) is 6.42 Å². The van der Waals surface area contributed by atoms with Gasteiger partial charge in [-0.15, -0.1) is 0 Å². The van der Waals surface area contributed by atoms with Crippen molar-refractivity contribution in [2.24, 2.45) is 0 Å². The molecule has 8 heteroatoms. The second-order valence-corrected chi connectivity index (χ2v) is 6.27. The Morgan fingerprint density at radius 1 is 1.29 bits per heavy atom. The Hall–Kier alpha value is -3.99. The summed E-state index contributed by atoms with van der Waals surface area (Å²) in [4.78, 5) is 17.1. The van der Waals surface area contributed by atoms with Crippen LogP contribution in [0.1, 0.15) is 18.9 Å². The van der Waals surface area contributed by atoms with Gasteiger partial charge in [-0.1, -0.05) is 19.1 Å². The lowest BCUT2D eigenvalue weighted by Gasteiger charge is -2.11. The number of pyridine rings is 1. The quantitative estimate of drug-likeness (QED) is 0.550. The van der Waals surface area contributed by atoms with Crippen molar-refractivity contribution in [3.63, 3.8) is 0 Å². The number of nitriles is 1. The third-order valence-corrected chi connectivity index (χ3v) is 4.55. The molecule has 4 aromatic rings. The van der Waals surface area contributed by atoms with Gasteiger partial charge in [0.1, 0.15) is 18.7 Å². The average molecular weight is 373 g/mol. The van der Waals surface area contributed by atoms with Crippen molar-refractivity contribution in [1.82, 2.24) is 19.2 Å². The molecule has 28 heavy (non-hydrogen) atoms. The van der Waals surface area contributed by atoms with Crippen LogP contribution in [-0.2, 0) is 6.54 Å². The molecule has 0 unspecified atom stereocenters. The summed E-state index contributed by atoms with van der Waals surface area (Å²) in [5.41, 5.74) is 1.81. The second-order valence-electron chi connectivity index (χ2n) is 6.27. The molecule has 1 aromatic carbocycles. The number of benzene rings is 1. The molecule has 0 amide bonds. The van der Waals surface area contributed by atoms with Crippen molar-refractivity contribution in [2.75, 3.05) is 0 Å². The van der Waals surface area contributed by atoms with E-state index in [4.69, 9.17) is 0 Å². The van der Waals surface area contributed by atoms with Crippen LogP contribution in [0.5, 0.6) is 5.88 Å². The van der Waals surface area contributed by atoms with Gasteiger partial charge in [0.25, 0.3) is 11.5 Å². The highest BCUT2D eigenvalue weighted by molar-refractivity contribution is 5.71. The van der Waals surface area contributed by atoms with E-state index in [1.807, 2.05) is 13.0 Å². The lowest BCUT2D eigenvalue weighted by atomic mass is 10.0. The van der Waals surface area contributed by atoms with E-state index in [1.165, 1.54) is 21.7 Å². The first-order valence-electron chi connectivity index (χ1n) is 8.81. The predicted molar refractivity (Wildman–Crippen MR) is 101 cm³/mol. The molecular formula is C20H17N6O2+. The summed E-state index contributed by atoms with van der Waals surface area (Å²) in [6.45, 7) is 2.56. The standard InChI is InChI=1S/C20H16N6O2/c1-2-8-24-17-5-3-4-9-25(17)20(28)18(19(24)27)14-6-7-15(11-21)16(10-14)26-13-22-12-23-26/h3-7,9-10,12-13H,2,8H2,1H3/p+1. The normalized spacial score (nSPS) is 10.9. The van der Waals surface area contributed by atoms with Gasteiger partial charge in [-0.05, 0) is 30.2 Å². The van der Waals surface area contributed by atoms with Gasteiger partial charge >= 0.3 is 5.56 Å². The number of aromatic hydroxyl groups is 1. The van der Waals surface area contributed by atoms with Crippen LogP contribution in [0.4, 0.5) is 0 Å². The van der Waals surface area contributed by atoms with E-state index in [1.54, 1.807) is 41.1 Å². The van der Waals surface area contributed by atoms with E-state index in [0.29, 0.717) is 29.0 Å². The average Bonchev–Trinajstić information content (AvgIpc) is 3.26. The number of hydrogen-bond donors (Lipinski definition) is 1. The molecule has 0 aliphatic rings. The second kappa shape index (κ2) is 6.96. The monoisotopic (exact) mass is 373 g/mol. The molecule has 0 spiro atoms.